The van der Waals surface area contributed by atoms with Crippen LogP contribution in [0.3, 0.4) is 0 Å². The van der Waals surface area contributed by atoms with E-state index in [9.17, 15) is 9.59 Å². The predicted molar refractivity (Wildman–Crippen MR) is 148 cm³/mol. The average molecular weight is 515 g/mol. The van der Waals surface area contributed by atoms with Crippen LogP contribution in [0.4, 0.5) is 0 Å². The standard InChI is InChI=1S/C30H20Cl2O2S/c31-25-15-7-13-23(17-25)27(33)19-29(21-9-3-1-4-10-21)35-30(22-11-5-2-6-12-22)20-28(34)24-14-8-16-26(32)18-24/h1-20H/b29-19+,30-20+. The van der Waals surface area contributed by atoms with Crippen LogP contribution in [0.1, 0.15) is 31.8 Å². The van der Waals surface area contributed by atoms with Gasteiger partial charge in [0.1, 0.15) is 0 Å². The molecule has 0 heterocycles. The van der Waals surface area contributed by atoms with Crippen molar-refractivity contribution in [2.45, 2.75) is 0 Å². The van der Waals surface area contributed by atoms with E-state index in [0.29, 0.717) is 31.0 Å². The quantitative estimate of drug-likeness (QED) is 0.174. The fourth-order valence-corrected chi connectivity index (χ4v) is 4.81. The Hall–Kier alpha value is -3.37. The SMILES string of the molecule is O=C(/C=C(/S/C(=C/C(=O)c1cccc(Cl)c1)c1ccccc1)c1ccccc1)c1cccc(Cl)c1. The molecule has 0 aliphatic carbocycles. The molecule has 0 saturated carbocycles. The molecule has 0 saturated heterocycles. The molecule has 0 aliphatic heterocycles. The van der Waals surface area contributed by atoms with E-state index in [1.807, 2.05) is 60.7 Å². The van der Waals surface area contributed by atoms with Gasteiger partial charge in [-0.1, -0.05) is 120 Å². The van der Waals surface area contributed by atoms with E-state index in [4.69, 9.17) is 23.2 Å². The molecule has 0 spiro atoms. The maximum absolute atomic E-state index is 13.1. The Labute approximate surface area is 218 Å². The molecule has 0 unspecified atom stereocenters. The summed E-state index contributed by atoms with van der Waals surface area (Å²) in [5.41, 5.74) is 2.72. The van der Waals surface area contributed by atoms with Crippen molar-refractivity contribution >= 4 is 56.3 Å². The molecule has 0 N–H and O–H groups in total. The molecule has 0 radical (unpaired) electrons. The molecule has 4 aromatic carbocycles. The Balaban J connectivity index is 1.77. The third-order valence-electron chi connectivity index (χ3n) is 5.08. The van der Waals surface area contributed by atoms with Crippen molar-refractivity contribution in [3.05, 3.63) is 154 Å². The Morgan fingerprint density at radius 3 is 1.26 bits per heavy atom. The van der Waals surface area contributed by atoms with Crippen molar-refractivity contribution in [2.24, 2.45) is 0 Å². The third kappa shape index (κ3) is 6.83. The summed E-state index contributed by atoms with van der Waals surface area (Å²) in [6.45, 7) is 0. The molecule has 0 amide bonds. The molecule has 2 nitrogen and oxygen atoms in total. The molecule has 4 rings (SSSR count). The maximum Gasteiger partial charge on any atom is 0.187 e. The smallest absolute Gasteiger partial charge is 0.187 e. The van der Waals surface area contributed by atoms with Gasteiger partial charge in [-0.2, -0.15) is 0 Å². The topological polar surface area (TPSA) is 34.1 Å². The van der Waals surface area contributed by atoms with Gasteiger partial charge in [-0.05, 0) is 35.4 Å². The molecule has 0 aliphatic rings. The summed E-state index contributed by atoms with van der Waals surface area (Å²) in [6, 6.07) is 32.9. The summed E-state index contributed by atoms with van der Waals surface area (Å²) in [5.74, 6) is -0.347. The van der Waals surface area contributed by atoms with E-state index in [1.165, 1.54) is 11.8 Å². The minimum Gasteiger partial charge on any atom is -0.289 e. The fourth-order valence-electron chi connectivity index (χ4n) is 3.36. The summed E-state index contributed by atoms with van der Waals surface area (Å²) in [7, 11) is 0. The predicted octanol–water partition coefficient (Wildman–Crippen LogP) is 8.87. The number of carbonyl (C=O) groups excluding carboxylic acids is 2. The van der Waals surface area contributed by atoms with Crippen LogP contribution < -0.4 is 0 Å². The first-order chi connectivity index (χ1) is 17.0. The van der Waals surface area contributed by atoms with Gasteiger partial charge in [-0.15, -0.1) is 0 Å². The van der Waals surface area contributed by atoms with Gasteiger partial charge in [0.05, 0.1) is 0 Å². The fraction of sp³-hybridized carbons (Fsp3) is 0. The van der Waals surface area contributed by atoms with Gasteiger partial charge >= 0.3 is 0 Å². The summed E-state index contributed by atoms with van der Waals surface area (Å²) in [6.07, 6.45) is 3.18. The van der Waals surface area contributed by atoms with Crippen LogP contribution in [0.25, 0.3) is 9.81 Å². The summed E-state index contributed by atoms with van der Waals surface area (Å²) < 4.78 is 0. The molecule has 0 atom stereocenters. The Kier molecular flexibility index (Phi) is 8.38. The molecule has 0 aromatic heterocycles. The highest BCUT2D eigenvalue weighted by molar-refractivity contribution is 8.16. The van der Waals surface area contributed by atoms with Crippen molar-refractivity contribution in [3.8, 4) is 0 Å². The zero-order chi connectivity index (χ0) is 24.6. The van der Waals surface area contributed by atoms with Crippen molar-refractivity contribution in [3.63, 3.8) is 0 Å². The average Bonchev–Trinajstić information content (AvgIpc) is 2.88. The van der Waals surface area contributed by atoms with Gasteiger partial charge in [-0.25, -0.2) is 0 Å². The number of rotatable bonds is 8. The zero-order valence-corrected chi connectivity index (χ0v) is 20.9. The highest BCUT2D eigenvalue weighted by Crippen LogP contribution is 2.39. The largest absolute Gasteiger partial charge is 0.289 e. The van der Waals surface area contributed by atoms with Crippen molar-refractivity contribution < 1.29 is 9.59 Å². The first-order valence-corrected chi connectivity index (χ1v) is 12.4. The Morgan fingerprint density at radius 2 is 0.886 bits per heavy atom. The van der Waals surface area contributed by atoms with E-state index >= 15 is 0 Å². The van der Waals surface area contributed by atoms with Gasteiger partial charge in [0.15, 0.2) is 11.6 Å². The number of carbonyl (C=O) groups is 2. The number of ketones is 2. The minimum atomic E-state index is -0.174. The summed E-state index contributed by atoms with van der Waals surface area (Å²) >= 11 is 13.6. The second-order valence-electron chi connectivity index (χ2n) is 7.60. The summed E-state index contributed by atoms with van der Waals surface area (Å²) in [5, 5.41) is 0.991. The molecule has 0 fully saturated rings. The molecule has 0 bridgehead atoms. The van der Waals surface area contributed by atoms with Crippen LogP contribution in [0.2, 0.25) is 10.0 Å². The van der Waals surface area contributed by atoms with Gasteiger partial charge in [0.25, 0.3) is 0 Å². The van der Waals surface area contributed by atoms with Gasteiger partial charge < -0.3 is 0 Å². The van der Waals surface area contributed by atoms with Gasteiger partial charge in [0, 0.05) is 43.1 Å². The van der Waals surface area contributed by atoms with Gasteiger partial charge in [-0.3, -0.25) is 9.59 Å². The van der Waals surface area contributed by atoms with Crippen molar-refractivity contribution in [1.29, 1.82) is 0 Å². The van der Waals surface area contributed by atoms with Crippen molar-refractivity contribution in [1.82, 2.24) is 0 Å². The lowest BCUT2D eigenvalue weighted by Crippen LogP contribution is -1.98. The number of allylic oxidation sites excluding steroid dienone is 2. The normalized spacial score (nSPS) is 11.8. The second-order valence-corrected chi connectivity index (χ2v) is 9.56. The van der Waals surface area contributed by atoms with Crippen LogP contribution in [0, 0.1) is 0 Å². The highest BCUT2D eigenvalue weighted by Gasteiger charge is 2.14. The number of halogens is 2. The number of benzene rings is 4. The second kappa shape index (κ2) is 11.9. The van der Waals surface area contributed by atoms with Crippen LogP contribution in [-0.4, -0.2) is 11.6 Å². The molecule has 5 heteroatoms. The molecule has 172 valence electrons. The van der Waals surface area contributed by atoms with Gasteiger partial charge in [0.2, 0.25) is 0 Å². The van der Waals surface area contributed by atoms with E-state index in [0.717, 1.165) is 11.1 Å². The number of hydrogen-bond acceptors (Lipinski definition) is 3. The monoisotopic (exact) mass is 514 g/mol. The Morgan fingerprint density at radius 1 is 0.514 bits per heavy atom. The molecular weight excluding hydrogens is 495 g/mol. The number of thioether (sulfide) groups is 1. The zero-order valence-electron chi connectivity index (χ0n) is 18.5. The number of hydrogen-bond donors (Lipinski definition) is 0. The Bertz CT molecular complexity index is 1300. The molecule has 35 heavy (non-hydrogen) atoms. The lowest BCUT2D eigenvalue weighted by atomic mass is 10.1. The van der Waals surface area contributed by atoms with Crippen LogP contribution >= 0.6 is 35.0 Å². The maximum atomic E-state index is 13.1. The first-order valence-electron chi connectivity index (χ1n) is 10.8. The van der Waals surface area contributed by atoms with Crippen LogP contribution in [0.15, 0.2) is 121 Å². The van der Waals surface area contributed by atoms with E-state index in [2.05, 4.69) is 0 Å². The van der Waals surface area contributed by atoms with E-state index in [1.54, 1.807) is 60.7 Å². The highest BCUT2D eigenvalue weighted by atomic mass is 35.5. The lowest BCUT2D eigenvalue weighted by Gasteiger charge is -2.12. The third-order valence-corrected chi connectivity index (χ3v) is 6.70. The van der Waals surface area contributed by atoms with Crippen LogP contribution in [0.5, 0.6) is 0 Å². The lowest BCUT2D eigenvalue weighted by molar-refractivity contribution is 0.103. The molecule has 4 aromatic rings. The van der Waals surface area contributed by atoms with E-state index < -0.39 is 0 Å². The minimum absolute atomic E-state index is 0.174. The van der Waals surface area contributed by atoms with Crippen LogP contribution in [-0.2, 0) is 0 Å². The molecular formula is C30H20Cl2O2S. The van der Waals surface area contributed by atoms with Crippen molar-refractivity contribution in [2.75, 3.05) is 0 Å². The van der Waals surface area contributed by atoms with E-state index in [-0.39, 0.29) is 11.6 Å². The summed E-state index contributed by atoms with van der Waals surface area (Å²) in [4.78, 5) is 27.7. The first kappa shape index (κ1) is 24.7.